The number of furan rings is 1. The van der Waals surface area contributed by atoms with E-state index < -0.39 is 0 Å². The van der Waals surface area contributed by atoms with E-state index in [1.807, 2.05) is 35.7 Å². The van der Waals surface area contributed by atoms with Gasteiger partial charge in [-0.2, -0.15) is 5.10 Å². The molecule has 2 amide bonds. The Balaban J connectivity index is 1.48. The molecule has 0 spiro atoms. The summed E-state index contributed by atoms with van der Waals surface area (Å²) in [6.07, 6.45) is 0.0199. The zero-order valence-electron chi connectivity index (χ0n) is 16.4. The number of anilines is 1. The third kappa shape index (κ3) is 4.04. The number of benzene rings is 2. The average molecular weight is 421 g/mol. The van der Waals surface area contributed by atoms with E-state index in [1.54, 1.807) is 32.2 Å². The molecule has 2 aromatic carbocycles. The number of rotatable bonds is 6. The number of hydrogen-bond donors (Lipinski definition) is 2. The minimum Gasteiger partial charge on any atom is -0.495 e. The summed E-state index contributed by atoms with van der Waals surface area (Å²) >= 11 is 1.32. The Morgan fingerprint density at radius 2 is 1.93 bits per heavy atom. The van der Waals surface area contributed by atoms with Crippen LogP contribution in [-0.2, 0) is 4.79 Å². The van der Waals surface area contributed by atoms with Crippen molar-refractivity contribution in [1.29, 1.82) is 0 Å². The van der Waals surface area contributed by atoms with Crippen molar-refractivity contribution < 1.29 is 18.7 Å². The van der Waals surface area contributed by atoms with Gasteiger partial charge < -0.3 is 14.5 Å². The lowest BCUT2D eigenvalue weighted by Crippen LogP contribution is -2.21. The number of nitrogens with zero attached hydrogens (tertiary/aromatic N) is 1. The van der Waals surface area contributed by atoms with Crippen LogP contribution in [0.1, 0.15) is 23.0 Å². The van der Waals surface area contributed by atoms with Gasteiger partial charge in [-0.1, -0.05) is 24.3 Å². The highest BCUT2D eigenvalue weighted by Gasteiger charge is 2.15. The summed E-state index contributed by atoms with van der Waals surface area (Å²) in [7, 11) is 1.55. The van der Waals surface area contributed by atoms with Crippen molar-refractivity contribution in [3.63, 3.8) is 0 Å². The van der Waals surface area contributed by atoms with Gasteiger partial charge in [0, 0.05) is 22.6 Å². The molecule has 0 saturated carbocycles. The first-order chi connectivity index (χ1) is 14.5. The van der Waals surface area contributed by atoms with Crippen molar-refractivity contribution in [1.82, 2.24) is 5.43 Å². The van der Waals surface area contributed by atoms with Crippen LogP contribution in [0.15, 0.2) is 63.4 Å². The zero-order chi connectivity index (χ0) is 21.1. The maximum Gasteiger partial charge on any atom is 0.281 e. The van der Waals surface area contributed by atoms with E-state index in [0.717, 1.165) is 16.4 Å². The molecular formula is C22H19N3O4S. The molecule has 2 heterocycles. The number of nitrogens with one attached hydrogen (secondary N) is 2. The number of hydrazone groups is 1. The summed E-state index contributed by atoms with van der Waals surface area (Å²) in [6, 6.07) is 14.8. The summed E-state index contributed by atoms with van der Waals surface area (Å²) in [5.41, 5.74) is 4.85. The summed E-state index contributed by atoms with van der Waals surface area (Å²) in [5, 5.41) is 10.5. The summed E-state index contributed by atoms with van der Waals surface area (Å²) in [5.74, 6) is -0.0554. The largest absolute Gasteiger partial charge is 0.495 e. The van der Waals surface area contributed by atoms with Crippen LogP contribution in [0, 0.1) is 0 Å². The molecule has 0 saturated heterocycles. The lowest BCUT2D eigenvalue weighted by atomic mass is 10.1. The number of carbonyl (C=O) groups excluding carboxylic acids is 2. The maximum absolute atomic E-state index is 12.5. The minimum atomic E-state index is -0.304. The number of hydrogen-bond acceptors (Lipinski definition) is 6. The van der Waals surface area contributed by atoms with Crippen LogP contribution in [0.5, 0.6) is 5.75 Å². The highest BCUT2D eigenvalue weighted by atomic mass is 32.1. The van der Waals surface area contributed by atoms with Crippen LogP contribution < -0.4 is 15.5 Å². The SMILES string of the molecule is COc1cc2c(cc1NC(=O)C/C(C)=N/NC(=O)c1cccs1)oc1ccccc12. The topological polar surface area (TPSA) is 92.9 Å². The third-order valence-corrected chi connectivity index (χ3v) is 5.35. The normalized spacial score (nSPS) is 11.6. The number of fused-ring (bicyclic) bond motifs is 3. The van der Waals surface area contributed by atoms with Crippen LogP contribution >= 0.6 is 11.3 Å². The zero-order valence-corrected chi connectivity index (χ0v) is 17.2. The van der Waals surface area contributed by atoms with Crippen molar-refractivity contribution in [2.24, 2.45) is 5.10 Å². The lowest BCUT2D eigenvalue weighted by molar-refractivity contribution is -0.115. The molecule has 0 atom stereocenters. The molecule has 2 N–H and O–H groups in total. The van der Waals surface area contributed by atoms with E-state index >= 15 is 0 Å². The van der Waals surface area contributed by atoms with Gasteiger partial charge >= 0.3 is 0 Å². The van der Waals surface area contributed by atoms with Crippen LogP contribution in [0.4, 0.5) is 5.69 Å². The second-order valence-electron chi connectivity index (χ2n) is 6.64. The lowest BCUT2D eigenvalue weighted by Gasteiger charge is -2.10. The fourth-order valence-corrected chi connectivity index (χ4v) is 3.71. The van der Waals surface area contributed by atoms with Gasteiger partial charge in [0.15, 0.2) is 0 Å². The highest BCUT2D eigenvalue weighted by Crippen LogP contribution is 2.36. The monoisotopic (exact) mass is 421 g/mol. The van der Waals surface area contributed by atoms with E-state index in [1.165, 1.54) is 11.3 Å². The fraction of sp³-hybridized carbons (Fsp3) is 0.136. The third-order valence-electron chi connectivity index (χ3n) is 4.48. The van der Waals surface area contributed by atoms with Crippen LogP contribution in [0.2, 0.25) is 0 Å². The predicted octanol–water partition coefficient (Wildman–Crippen LogP) is 4.79. The van der Waals surface area contributed by atoms with Gasteiger partial charge in [-0.25, -0.2) is 5.43 Å². The van der Waals surface area contributed by atoms with Gasteiger partial charge in [0.2, 0.25) is 5.91 Å². The van der Waals surface area contributed by atoms with Crippen molar-refractivity contribution in [2.75, 3.05) is 12.4 Å². The first-order valence-electron chi connectivity index (χ1n) is 9.21. The molecular weight excluding hydrogens is 402 g/mol. The van der Waals surface area contributed by atoms with Gasteiger partial charge in [0.05, 0.1) is 24.1 Å². The van der Waals surface area contributed by atoms with Gasteiger partial charge in [0.1, 0.15) is 16.9 Å². The second-order valence-corrected chi connectivity index (χ2v) is 7.58. The molecule has 0 aliphatic rings. The van der Waals surface area contributed by atoms with Crippen LogP contribution in [0.3, 0.4) is 0 Å². The van der Waals surface area contributed by atoms with E-state index in [4.69, 9.17) is 9.15 Å². The van der Waals surface area contributed by atoms with Crippen molar-refractivity contribution in [2.45, 2.75) is 13.3 Å². The molecule has 4 rings (SSSR count). The highest BCUT2D eigenvalue weighted by molar-refractivity contribution is 7.12. The average Bonchev–Trinajstić information content (AvgIpc) is 3.39. The Bertz CT molecular complexity index is 1260. The Kier molecular flexibility index (Phi) is 5.49. The quantitative estimate of drug-likeness (QED) is 0.346. The maximum atomic E-state index is 12.5. The molecule has 8 heteroatoms. The fourth-order valence-electron chi connectivity index (χ4n) is 3.09. The van der Waals surface area contributed by atoms with E-state index in [9.17, 15) is 9.59 Å². The molecule has 152 valence electrons. The molecule has 0 unspecified atom stereocenters. The molecule has 0 fully saturated rings. The molecule has 7 nitrogen and oxygen atoms in total. The number of ether oxygens (including phenoxy) is 1. The van der Waals surface area contributed by atoms with Gasteiger partial charge in [-0.15, -0.1) is 11.3 Å². The van der Waals surface area contributed by atoms with E-state index in [0.29, 0.717) is 27.6 Å². The molecule has 0 radical (unpaired) electrons. The molecule has 0 aliphatic carbocycles. The smallest absolute Gasteiger partial charge is 0.281 e. The van der Waals surface area contributed by atoms with Gasteiger partial charge in [-0.3, -0.25) is 9.59 Å². The van der Waals surface area contributed by atoms with Crippen molar-refractivity contribution >= 4 is 56.5 Å². The number of methoxy groups -OCH3 is 1. The van der Waals surface area contributed by atoms with Crippen molar-refractivity contribution in [3.8, 4) is 5.75 Å². The molecule has 30 heavy (non-hydrogen) atoms. The number of para-hydroxylation sites is 1. The first kappa shape index (κ1) is 19.7. The van der Waals surface area contributed by atoms with Gasteiger partial charge in [0.25, 0.3) is 5.91 Å². The Morgan fingerprint density at radius 1 is 1.10 bits per heavy atom. The van der Waals surface area contributed by atoms with E-state index in [2.05, 4.69) is 15.8 Å². The Hall–Kier alpha value is -3.65. The predicted molar refractivity (Wildman–Crippen MR) is 118 cm³/mol. The standard InChI is InChI=1S/C22H19N3O4S/c1-13(24-25-22(27)20-8-5-9-30-20)10-21(26)23-16-12-18-15(11-19(16)28-2)14-6-3-4-7-17(14)29-18/h3-9,11-12H,10H2,1-2H3,(H,23,26)(H,25,27)/b24-13+. The van der Waals surface area contributed by atoms with Crippen LogP contribution in [-0.4, -0.2) is 24.6 Å². The molecule has 4 aromatic rings. The molecule has 0 aliphatic heterocycles. The summed E-state index contributed by atoms with van der Waals surface area (Å²) in [6.45, 7) is 1.67. The molecule has 0 bridgehead atoms. The Morgan fingerprint density at radius 3 is 2.70 bits per heavy atom. The first-order valence-corrected chi connectivity index (χ1v) is 10.1. The van der Waals surface area contributed by atoms with Crippen LogP contribution in [0.25, 0.3) is 21.9 Å². The second kappa shape index (κ2) is 8.38. The summed E-state index contributed by atoms with van der Waals surface area (Å²) in [4.78, 5) is 25.0. The number of thiophene rings is 1. The summed E-state index contributed by atoms with van der Waals surface area (Å²) < 4.78 is 11.3. The Labute approximate surface area is 176 Å². The molecule has 2 aromatic heterocycles. The van der Waals surface area contributed by atoms with E-state index in [-0.39, 0.29) is 18.2 Å². The minimum absolute atomic E-state index is 0.0199. The van der Waals surface area contributed by atoms with Gasteiger partial charge in [-0.05, 0) is 30.5 Å². The number of amides is 2. The number of carbonyl (C=O) groups is 2. The van der Waals surface area contributed by atoms with Crippen molar-refractivity contribution in [3.05, 3.63) is 58.8 Å².